The first-order valence-corrected chi connectivity index (χ1v) is 6.14. The zero-order valence-electron chi connectivity index (χ0n) is 11.4. The molecule has 0 fully saturated rings. The van der Waals surface area contributed by atoms with Gasteiger partial charge in [0, 0.05) is 13.2 Å². The van der Waals surface area contributed by atoms with Crippen LogP contribution in [-0.4, -0.2) is 30.2 Å². The molecule has 5 nitrogen and oxygen atoms in total. The maximum atomic E-state index is 10.8. The molecule has 0 atom stereocenters. The minimum atomic E-state index is -0.970. The van der Waals surface area contributed by atoms with Crippen LogP contribution in [0.5, 0.6) is 5.75 Å². The lowest BCUT2D eigenvalue weighted by Gasteiger charge is -2.21. The van der Waals surface area contributed by atoms with Gasteiger partial charge >= 0.3 is 5.97 Å². The molecule has 0 amide bonds. The highest BCUT2D eigenvalue weighted by atomic mass is 16.5. The molecule has 1 N–H and O–H groups in total. The number of pyridine rings is 1. The highest BCUT2D eigenvalue weighted by molar-refractivity contribution is 5.87. The number of methoxy groups -OCH3 is 1. The summed E-state index contributed by atoms with van der Waals surface area (Å²) in [6.45, 7) is 0.570. The second kappa shape index (κ2) is 6.06. The number of aromatic carboxylic acids is 1. The van der Waals surface area contributed by atoms with Gasteiger partial charge in [-0.05, 0) is 24.3 Å². The molecule has 20 heavy (non-hydrogen) atoms. The van der Waals surface area contributed by atoms with Gasteiger partial charge in [-0.2, -0.15) is 0 Å². The molecule has 0 spiro atoms. The molecule has 1 heterocycles. The zero-order chi connectivity index (χ0) is 14.5. The summed E-state index contributed by atoms with van der Waals surface area (Å²) >= 11 is 0. The van der Waals surface area contributed by atoms with E-state index in [1.165, 1.54) is 6.20 Å². The van der Waals surface area contributed by atoms with Crippen LogP contribution in [0.15, 0.2) is 42.6 Å². The highest BCUT2D eigenvalue weighted by Gasteiger charge is 2.09. The van der Waals surface area contributed by atoms with Crippen LogP contribution in [0.2, 0.25) is 0 Å². The minimum absolute atomic E-state index is 0.189. The fraction of sp³-hybridized carbons (Fsp3) is 0.200. The van der Waals surface area contributed by atoms with Gasteiger partial charge < -0.3 is 14.7 Å². The van der Waals surface area contributed by atoms with E-state index in [-0.39, 0.29) is 5.56 Å². The fourth-order valence-corrected chi connectivity index (χ4v) is 1.92. The molecule has 0 radical (unpaired) electrons. The highest BCUT2D eigenvalue weighted by Crippen LogP contribution is 2.27. The summed E-state index contributed by atoms with van der Waals surface area (Å²) in [6, 6.07) is 11.0. The maximum absolute atomic E-state index is 10.8. The van der Waals surface area contributed by atoms with Crippen LogP contribution in [0.3, 0.4) is 0 Å². The van der Waals surface area contributed by atoms with Crippen molar-refractivity contribution < 1.29 is 14.6 Å². The summed E-state index contributed by atoms with van der Waals surface area (Å²) in [5, 5.41) is 8.84. The van der Waals surface area contributed by atoms with Crippen LogP contribution >= 0.6 is 0 Å². The molecule has 0 aliphatic rings. The predicted octanol–water partition coefficient (Wildman–Crippen LogP) is 2.42. The Morgan fingerprint density at radius 1 is 1.30 bits per heavy atom. The second-order valence-corrected chi connectivity index (χ2v) is 4.37. The third-order valence-electron chi connectivity index (χ3n) is 2.97. The molecular formula is C15H16N2O3. The molecule has 2 aromatic rings. The summed E-state index contributed by atoms with van der Waals surface area (Å²) in [6.07, 6.45) is 1.37. The van der Waals surface area contributed by atoms with Gasteiger partial charge in [-0.1, -0.05) is 12.1 Å². The van der Waals surface area contributed by atoms with E-state index in [1.54, 1.807) is 19.2 Å². The normalized spacial score (nSPS) is 10.1. The smallest absolute Gasteiger partial charge is 0.337 e. The summed E-state index contributed by atoms with van der Waals surface area (Å²) in [5.41, 5.74) is 1.94. The Kier molecular flexibility index (Phi) is 4.20. The van der Waals surface area contributed by atoms with Crippen molar-refractivity contribution in [2.24, 2.45) is 0 Å². The third kappa shape index (κ3) is 3.06. The molecule has 2 rings (SSSR count). The molecule has 0 aliphatic heterocycles. The molecule has 1 aromatic carbocycles. The molecule has 104 valence electrons. The zero-order valence-corrected chi connectivity index (χ0v) is 11.4. The Labute approximate surface area is 117 Å². The van der Waals surface area contributed by atoms with Crippen molar-refractivity contribution in [2.75, 3.05) is 19.1 Å². The Balaban J connectivity index is 2.14. The number of hydrogen-bond acceptors (Lipinski definition) is 4. The first-order chi connectivity index (χ1) is 9.61. The van der Waals surface area contributed by atoms with E-state index < -0.39 is 5.97 Å². The van der Waals surface area contributed by atoms with Crippen LogP contribution in [0.25, 0.3) is 0 Å². The Morgan fingerprint density at radius 2 is 2.05 bits per heavy atom. The summed E-state index contributed by atoms with van der Waals surface area (Å²) < 4.78 is 5.31. The number of carbonyl (C=O) groups is 1. The largest absolute Gasteiger partial charge is 0.495 e. The lowest BCUT2D eigenvalue weighted by Crippen LogP contribution is -2.18. The Hall–Kier alpha value is -2.56. The number of para-hydroxylation sites is 2. The molecule has 5 heteroatoms. The van der Waals surface area contributed by atoms with Gasteiger partial charge in [-0.3, -0.25) is 4.98 Å². The number of aromatic nitrogens is 1. The molecule has 0 saturated heterocycles. The van der Waals surface area contributed by atoms with Crippen molar-refractivity contribution in [3.05, 3.63) is 53.9 Å². The number of carboxylic acids is 1. The van der Waals surface area contributed by atoms with Crippen molar-refractivity contribution in [3.63, 3.8) is 0 Å². The molecule has 0 saturated carbocycles. The number of anilines is 1. The standard InChI is InChI=1S/C15H16N2O3/c1-17(13-5-3-4-6-14(13)20-2)10-12-8-7-11(9-16-12)15(18)19/h3-9H,10H2,1-2H3,(H,18,19). The van der Waals surface area contributed by atoms with Crippen molar-refractivity contribution in [1.29, 1.82) is 0 Å². The third-order valence-corrected chi connectivity index (χ3v) is 2.97. The molecule has 0 unspecified atom stereocenters. The minimum Gasteiger partial charge on any atom is -0.495 e. The predicted molar refractivity (Wildman–Crippen MR) is 76.3 cm³/mol. The number of nitrogens with zero attached hydrogens (tertiary/aromatic N) is 2. The van der Waals surface area contributed by atoms with Crippen molar-refractivity contribution in [3.8, 4) is 5.75 Å². The van der Waals surface area contributed by atoms with Crippen LogP contribution in [0, 0.1) is 0 Å². The lowest BCUT2D eigenvalue weighted by molar-refractivity contribution is 0.0696. The van der Waals surface area contributed by atoms with Crippen LogP contribution < -0.4 is 9.64 Å². The summed E-state index contributed by atoms with van der Waals surface area (Å²) in [7, 11) is 3.57. The van der Waals surface area contributed by atoms with Crippen LogP contribution in [0.1, 0.15) is 16.1 Å². The van der Waals surface area contributed by atoms with Gasteiger partial charge in [0.15, 0.2) is 0 Å². The van der Waals surface area contributed by atoms with Gasteiger partial charge in [0.05, 0.1) is 30.6 Å². The van der Waals surface area contributed by atoms with E-state index in [4.69, 9.17) is 9.84 Å². The van der Waals surface area contributed by atoms with Crippen LogP contribution in [-0.2, 0) is 6.54 Å². The Morgan fingerprint density at radius 3 is 2.65 bits per heavy atom. The second-order valence-electron chi connectivity index (χ2n) is 4.37. The van der Waals surface area contributed by atoms with Crippen molar-refractivity contribution in [2.45, 2.75) is 6.54 Å². The maximum Gasteiger partial charge on any atom is 0.337 e. The molecule has 0 aliphatic carbocycles. The van der Waals surface area contributed by atoms with Crippen molar-refractivity contribution >= 4 is 11.7 Å². The SMILES string of the molecule is COc1ccccc1N(C)Cc1ccc(C(=O)O)cn1. The van der Waals surface area contributed by atoms with E-state index in [1.807, 2.05) is 36.2 Å². The summed E-state index contributed by atoms with van der Waals surface area (Å²) in [5.74, 6) is -0.181. The monoisotopic (exact) mass is 272 g/mol. The van der Waals surface area contributed by atoms with E-state index in [2.05, 4.69) is 4.98 Å². The number of benzene rings is 1. The van der Waals surface area contributed by atoms with E-state index in [9.17, 15) is 4.79 Å². The van der Waals surface area contributed by atoms with Gasteiger partial charge in [0.1, 0.15) is 5.75 Å². The van der Waals surface area contributed by atoms with E-state index in [0.717, 1.165) is 17.1 Å². The molecule has 1 aromatic heterocycles. The van der Waals surface area contributed by atoms with Crippen molar-refractivity contribution in [1.82, 2.24) is 4.98 Å². The Bertz CT molecular complexity index is 596. The van der Waals surface area contributed by atoms with Gasteiger partial charge in [-0.25, -0.2) is 4.79 Å². The topological polar surface area (TPSA) is 62.7 Å². The van der Waals surface area contributed by atoms with Gasteiger partial charge in [0.2, 0.25) is 0 Å². The number of rotatable bonds is 5. The summed E-state index contributed by atoms with van der Waals surface area (Å²) in [4.78, 5) is 16.9. The van der Waals surface area contributed by atoms with E-state index in [0.29, 0.717) is 6.54 Å². The average Bonchev–Trinajstić information content (AvgIpc) is 2.47. The van der Waals surface area contributed by atoms with E-state index >= 15 is 0 Å². The van der Waals surface area contributed by atoms with Gasteiger partial charge in [-0.15, -0.1) is 0 Å². The number of carboxylic acid groups (broad SMARTS) is 1. The molecular weight excluding hydrogens is 256 g/mol. The van der Waals surface area contributed by atoms with Crippen LogP contribution in [0.4, 0.5) is 5.69 Å². The lowest BCUT2D eigenvalue weighted by atomic mass is 10.2. The number of ether oxygens (including phenoxy) is 1. The van der Waals surface area contributed by atoms with Gasteiger partial charge in [0.25, 0.3) is 0 Å². The fourth-order valence-electron chi connectivity index (χ4n) is 1.92. The first kappa shape index (κ1) is 13.9. The number of hydrogen-bond donors (Lipinski definition) is 1. The quantitative estimate of drug-likeness (QED) is 0.905. The molecule has 0 bridgehead atoms. The first-order valence-electron chi connectivity index (χ1n) is 6.14. The average molecular weight is 272 g/mol.